The predicted molar refractivity (Wildman–Crippen MR) is 98.5 cm³/mol. The van der Waals surface area contributed by atoms with E-state index in [0.29, 0.717) is 17.1 Å². The monoisotopic (exact) mass is 416 g/mol. The molecule has 0 atom stereocenters. The summed E-state index contributed by atoms with van der Waals surface area (Å²) in [6, 6.07) is 5.21. The highest BCUT2D eigenvalue weighted by Gasteiger charge is 2.32. The molecule has 0 spiro atoms. The SMILES string of the molecule is Cc1noc(CC(Cc2onc(C)c2[N+](=O)[O-])c2ccc3c(c2)OCO3)c1[N+](=O)[O-]. The van der Waals surface area contributed by atoms with E-state index < -0.39 is 15.8 Å². The summed E-state index contributed by atoms with van der Waals surface area (Å²) >= 11 is 0. The normalized spacial score (nSPS) is 12.5. The molecule has 0 radical (unpaired) electrons. The molecule has 0 saturated carbocycles. The second-order valence-corrected chi connectivity index (χ2v) is 6.81. The van der Waals surface area contributed by atoms with Crippen LogP contribution in [0.2, 0.25) is 0 Å². The van der Waals surface area contributed by atoms with E-state index >= 15 is 0 Å². The summed E-state index contributed by atoms with van der Waals surface area (Å²) < 4.78 is 21.1. The number of aromatic nitrogens is 2. The molecule has 0 amide bonds. The molecule has 0 aliphatic carbocycles. The highest BCUT2D eigenvalue weighted by atomic mass is 16.7. The fourth-order valence-electron chi connectivity index (χ4n) is 3.48. The van der Waals surface area contributed by atoms with Crippen LogP contribution in [0, 0.1) is 34.1 Å². The molecule has 2 aromatic heterocycles. The maximum absolute atomic E-state index is 11.4. The van der Waals surface area contributed by atoms with Crippen LogP contribution in [-0.4, -0.2) is 27.0 Å². The molecular formula is C18H16N4O8. The van der Waals surface area contributed by atoms with E-state index in [2.05, 4.69) is 10.3 Å². The van der Waals surface area contributed by atoms with Gasteiger partial charge in [0, 0.05) is 12.8 Å². The Morgan fingerprint density at radius 2 is 1.47 bits per heavy atom. The summed E-state index contributed by atoms with van der Waals surface area (Å²) in [7, 11) is 0. The van der Waals surface area contributed by atoms with Gasteiger partial charge in [0.25, 0.3) is 0 Å². The number of aryl methyl sites for hydroxylation is 2. The maximum Gasteiger partial charge on any atom is 0.334 e. The van der Waals surface area contributed by atoms with Crippen LogP contribution < -0.4 is 9.47 Å². The third-order valence-electron chi connectivity index (χ3n) is 4.90. The van der Waals surface area contributed by atoms with Crippen molar-refractivity contribution in [3.63, 3.8) is 0 Å². The smallest absolute Gasteiger partial charge is 0.334 e. The van der Waals surface area contributed by atoms with Gasteiger partial charge >= 0.3 is 11.4 Å². The Morgan fingerprint density at radius 1 is 0.933 bits per heavy atom. The molecule has 0 unspecified atom stereocenters. The number of fused-ring (bicyclic) bond motifs is 1. The van der Waals surface area contributed by atoms with Gasteiger partial charge in [-0.15, -0.1) is 0 Å². The highest BCUT2D eigenvalue weighted by molar-refractivity contribution is 5.47. The van der Waals surface area contributed by atoms with Gasteiger partial charge in [-0.05, 0) is 37.5 Å². The van der Waals surface area contributed by atoms with Crippen LogP contribution in [0.4, 0.5) is 11.4 Å². The molecular weight excluding hydrogens is 400 g/mol. The first-order valence-corrected chi connectivity index (χ1v) is 8.93. The molecule has 1 aliphatic rings. The predicted octanol–water partition coefficient (Wildman–Crippen LogP) is 3.39. The zero-order chi connectivity index (χ0) is 21.4. The summed E-state index contributed by atoms with van der Waals surface area (Å²) in [6.07, 6.45) is 0.126. The Hall–Kier alpha value is -3.96. The van der Waals surface area contributed by atoms with Crippen molar-refractivity contribution in [3.8, 4) is 11.5 Å². The summed E-state index contributed by atoms with van der Waals surface area (Å²) in [4.78, 5) is 21.7. The lowest BCUT2D eigenvalue weighted by Gasteiger charge is -2.15. The molecule has 3 heterocycles. The molecule has 0 fully saturated rings. The molecule has 1 aliphatic heterocycles. The van der Waals surface area contributed by atoms with Crippen molar-refractivity contribution < 1.29 is 28.4 Å². The van der Waals surface area contributed by atoms with Crippen molar-refractivity contribution in [1.29, 1.82) is 0 Å². The average molecular weight is 416 g/mol. The van der Waals surface area contributed by atoms with Crippen LogP contribution in [0.15, 0.2) is 27.2 Å². The van der Waals surface area contributed by atoms with Crippen LogP contribution in [0.5, 0.6) is 11.5 Å². The van der Waals surface area contributed by atoms with Crippen LogP contribution >= 0.6 is 0 Å². The molecule has 0 bridgehead atoms. The van der Waals surface area contributed by atoms with Crippen molar-refractivity contribution in [2.75, 3.05) is 6.79 Å². The van der Waals surface area contributed by atoms with Crippen molar-refractivity contribution >= 4 is 11.4 Å². The Labute approximate surface area is 168 Å². The van der Waals surface area contributed by atoms with Gasteiger partial charge in [-0.2, -0.15) is 0 Å². The number of hydrogen-bond acceptors (Lipinski definition) is 10. The van der Waals surface area contributed by atoms with E-state index in [1.165, 1.54) is 13.8 Å². The fourth-order valence-corrected chi connectivity index (χ4v) is 3.48. The average Bonchev–Trinajstić information content (AvgIpc) is 3.39. The summed E-state index contributed by atoms with van der Waals surface area (Å²) in [6.45, 7) is 3.04. The Morgan fingerprint density at radius 3 is 2.00 bits per heavy atom. The number of nitro groups is 2. The van der Waals surface area contributed by atoms with Crippen molar-refractivity contribution in [2.24, 2.45) is 0 Å². The second-order valence-electron chi connectivity index (χ2n) is 6.81. The van der Waals surface area contributed by atoms with E-state index in [9.17, 15) is 20.2 Å². The maximum atomic E-state index is 11.4. The van der Waals surface area contributed by atoms with Gasteiger partial charge in [0.15, 0.2) is 22.9 Å². The van der Waals surface area contributed by atoms with Crippen LogP contribution in [0.3, 0.4) is 0 Å². The zero-order valence-electron chi connectivity index (χ0n) is 16.0. The standard InChI is InChI=1S/C18H16N4O8/c1-9-17(21(23)24)15(29-19-9)6-12(7-16-18(22(25)26)10(2)20-30-16)11-3-4-13-14(5-11)28-8-27-13/h3-5,12H,6-8H2,1-2H3. The molecule has 1 aromatic carbocycles. The first kappa shape index (κ1) is 19.4. The van der Waals surface area contributed by atoms with Gasteiger partial charge in [-0.25, -0.2) is 0 Å². The molecule has 30 heavy (non-hydrogen) atoms. The van der Waals surface area contributed by atoms with Crippen LogP contribution in [0.1, 0.15) is 34.4 Å². The first-order chi connectivity index (χ1) is 14.3. The lowest BCUT2D eigenvalue weighted by molar-refractivity contribution is -0.386. The molecule has 12 nitrogen and oxygen atoms in total. The van der Waals surface area contributed by atoms with E-state index in [1.807, 2.05) is 0 Å². The van der Waals surface area contributed by atoms with E-state index in [1.54, 1.807) is 18.2 Å². The lowest BCUT2D eigenvalue weighted by Crippen LogP contribution is -2.09. The van der Waals surface area contributed by atoms with Gasteiger partial charge in [0.1, 0.15) is 0 Å². The van der Waals surface area contributed by atoms with Crippen LogP contribution in [-0.2, 0) is 12.8 Å². The van der Waals surface area contributed by atoms with Crippen molar-refractivity contribution in [1.82, 2.24) is 10.3 Å². The van der Waals surface area contributed by atoms with Crippen molar-refractivity contribution in [2.45, 2.75) is 32.6 Å². The first-order valence-electron chi connectivity index (χ1n) is 8.93. The number of hydrogen-bond donors (Lipinski definition) is 0. The topological polar surface area (TPSA) is 157 Å². The van der Waals surface area contributed by atoms with Gasteiger partial charge in [-0.3, -0.25) is 20.2 Å². The third kappa shape index (κ3) is 3.43. The molecule has 0 N–H and O–H groups in total. The molecule has 12 heteroatoms. The number of benzene rings is 1. The minimum Gasteiger partial charge on any atom is -0.454 e. The molecule has 0 saturated heterocycles. The number of rotatable bonds is 7. The Bertz CT molecular complexity index is 1080. The zero-order valence-corrected chi connectivity index (χ0v) is 16.0. The second kappa shape index (κ2) is 7.46. The largest absolute Gasteiger partial charge is 0.454 e. The summed E-state index contributed by atoms with van der Waals surface area (Å²) in [5, 5.41) is 30.3. The van der Waals surface area contributed by atoms with E-state index in [0.717, 1.165) is 0 Å². The number of ether oxygens (including phenoxy) is 2. The molecule has 3 aromatic rings. The van der Waals surface area contributed by atoms with Crippen molar-refractivity contribution in [3.05, 3.63) is 66.9 Å². The van der Waals surface area contributed by atoms with E-state index in [4.69, 9.17) is 18.5 Å². The highest BCUT2D eigenvalue weighted by Crippen LogP contribution is 2.39. The van der Waals surface area contributed by atoms with Gasteiger partial charge < -0.3 is 18.5 Å². The van der Waals surface area contributed by atoms with Crippen LogP contribution in [0.25, 0.3) is 0 Å². The molecule has 4 rings (SSSR count). The fraction of sp³-hybridized carbons (Fsp3) is 0.333. The minimum absolute atomic E-state index is 0.0632. The molecule has 156 valence electrons. The quantitative estimate of drug-likeness (QED) is 0.413. The van der Waals surface area contributed by atoms with E-state index in [-0.39, 0.29) is 53.9 Å². The minimum atomic E-state index is -0.557. The van der Waals surface area contributed by atoms with Gasteiger partial charge in [0.2, 0.25) is 18.3 Å². The Kier molecular flexibility index (Phi) is 4.82. The Balaban J connectivity index is 1.74. The number of nitrogens with zero attached hydrogens (tertiary/aromatic N) is 4. The summed E-state index contributed by atoms with van der Waals surface area (Å²) in [5.41, 5.74) is 0.584. The summed E-state index contributed by atoms with van der Waals surface area (Å²) in [5.74, 6) is 0.749. The third-order valence-corrected chi connectivity index (χ3v) is 4.90. The lowest BCUT2D eigenvalue weighted by atomic mass is 9.89. The van der Waals surface area contributed by atoms with Gasteiger partial charge in [0.05, 0.1) is 9.85 Å². The van der Waals surface area contributed by atoms with Gasteiger partial charge in [-0.1, -0.05) is 16.4 Å².